The molecular weight excluding hydrogens is 296 g/mol. The van der Waals surface area contributed by atoms with Crippen molar-refractivity contribution in [1.82, 2.24) is 15.5 Å². The molecule has 0 spiro atoms. The molecule has 2 rings (SSSR count). The van der Waals surface area contributed by atoms with Crippen molar-refractivity contribution in [1.29, 1.82) is 0 Å². The fraction of sp³-hybridized carbons (Fsp3) is 0.650. The van der Waals surface area contributed by atoms with Crippen LogP contribution >= 0.6 is 0 Å². The highest BCUT2D eigenvalue weighted by atomic mass is 15.2. The summed E-state index contributed by atoms with van der Waals surface area (Å²) in [6.45, 7) is 11.4. The average molecular weight is 331 g/mol. The van der Waals surface area contributed by atoms with Crippen LogP contribution in [0.3, 0.4) is 0 Å². The highest BCUT2D eigenvalue weighted by Gasteiger charge is 2.16. The summed E-state index contributed by atoms with van der Waals surface area (Å²) >= 11 is 0. The summed E-state index contributed by atoms with van der Waals surface area (Å²) in [6.07, 6.45) is 5.21. The summed E-state index contributed by atoms with van der Waals surface area (Å²) in [6, 6.07) is 9.29. The van der Waals surface area contributed by atoms with Crippen LogP contribution in [0, 0.1) is 0 Å². The van der Waals surface area contributed by atoms with Gasteiger partial charge in [0.2, 0.25) is 0 Å². The summed E-state index contributed by atoms with van der Waals surface area (Å²) < 4.78 is 0. The van der Waals surface area contributed by atoms with Gasteiger partial charge >= 0.3 is 0 Å². The molecule has 4 nitrogen and oxygen atoms in total. The maximum absolute atomic E-state index is 4.84. The first kappa shape index (κ1) is 18.8. The Hall–Kier alpha value is -1.55. The zero-order valence-electron chi connectivity index (χ0n) is 15.6. The van der Waals surface area contributed by atoms with Gasteiger partial charge in [-0.3, -0.25) is 4.90 Å². The monoisotopic (exact) mass is 330 g/mol. The van der Waals surface area contributed by atoms with Crippen molar-refractivity contribution in [3.63, 3.8) is 0 Å². The van der Waals surface area contributed by atoms with Gasteiger partial charge in [0.25, 0.3) is 0 Å². The Kier molecular flexibility index (Phi) is 8.10. The maximum atomic E-state index is 4.84. The van der Waals surface area contributed by atoms with Gasteiger partial charge in [0.1, 0.15) is 0 Å². The minimum atomic E-state index is 0.591. The molecule has 2 N–H and O–H groups in total. The number of benzene rings is 1. The lowest BCUT2D eigenvalue weighted by molar-refractivity contribution is 0.295. The second kappa shape index (κ2) is 10.3. The van der Waals surface area contributed by atoms with E-state index < -0.39 is 0 Å². The highest BCUT2D eigenvalue weighted by molar-refractivity contribution is 5.80. The number of aliphatic imine (C=N–C) groups is 1. The fourth-order valence-electron chi connectivity index (χ4n) is 3.30. The lowest BCUT2D eigenvalue weighted by atomic mass is 10.1. The van der Waals surface area contributed by atoms with Gasteiger partial charge in [-0.1, -0.05) is 51.0 Å². The molecule has 1 aromatic rings. The van der Waals surface area contributed by atoms with Gasteiger partial charge in [-0.05, 0) is 44.0 Å². The average Bonchev–Trinajstić information content (AvgIpc) is 3.11. The van der Waals surface area contributed by atoms with Crippen LogP contribution < -0.4 is 10.6 Å². The Morgan fingerprint density at radius 1 is 1.08 bits per heavy atom. The van der Waals surface area contributed by atoms with Crippen LogP contribution in [0.15, 0.2) is 29.3 Å². The van der Waals surface area contributed by atoms with E-state index >= 15 is 0 Å². The zero-order chi connectivity index (χ0) is 17.2. The van der Waals surface area contributed by atoms with Crippen molar-refractivity contribution in [3.05, 3.63) is 35.4 Å². The second-order valence-corrected chi connectivity index (χ2v) is 6.55. The van der Waals surface area contributed by atoms with Crippen molar-refractivity contribution >= 4 is 5.96 Å². The number of nitrogens with zero attached hydrogens (tertiary/aromatic N) is 2. The summed E-state index contributed by atoms with van der Waals surface area (Å²) in [7, 11) is 0. The van der Waals surface area contributed by atoms with Gasteiger partial charge in [-0.25, -0.2) is 4.99 Å². The van der Waals surface area contributed by atoms with E-state index in [2.05, 4.69) is 60.6 Å². The molecule has 0 amide bonds. The SMILES string of the molecule is CCNC(=NCc1ccccc1CN(CC)CC)NC1CCCC1. The molecule has 0 saturated heterocycles. The van der Waals surface area contributed by atoms with Crippen LogP contribution in [0.5, 0.6) is 0 Å². The van der Waals surface area contributed by atoms with Gasteiger partial charge in [0.15, 0.2) is 5.96 Å². The molecule has 0 radical (unpaired) electrons. The molecule has 0 aliphatic heterocycles. The number of rotatable bonds is 8. The molecule has 24 heavy (non-hydrogen) atoms. The molecule has 1 aliphatic carbocycles. The zero-order valence-corrected chi connectivity index (χ0v) is 15.6. The maximum Gasteiger partial charge on any atom is 0.191 e. The quantitative estimate of drug-likeness (QED) is 0.566. The predicted molar refractivity (Wildman–Crippen MR) is 103 cm³/mol. The molecule has 1 saturated carbocycles. The van der Waals surface area contributed by atoms with Crippen molar-refractivity contribution in [2.75, 3.05) is 19.6 Å². The van der Waals surface area contributed by atoms with E-state index in [4.69, 9.17) is 4.99 Å². The molecule has 0 bridgehead atoms. The van der Waals surface area contributed by atoms with E-state index in [1.807, 2.05) is 0 Å². The summed E-state index contributed by atoms with van der Waals surface area (Å²) in [5.74, 6) is 0.960. The minimum absolute atomic E-state index is 0.591. The van der Waals surface area contributed by atoms with Crippen molar-refractivity contribution < 1.29 is 0 Å². The lowest BCUT2D eigenvalue weighted by Crippen LogP contribution is -2.42. The lowest BCUT2D eigenvalue weighted by Gasteiger charge is -2.20. The molecule has 134 valence electrons. The van der Waals surface area contributed by atoms with Crippen LogP contribution in [-0.2, 0) is 13.1 Å². The molecule has 1 aliphatic rings. The highest BCUT2D eigenvalue weighted by Crippen LogP contribution is 2.17. The smallest absolute Gasteiger partial charge is 0.191 e. The van der Waals surface area contributed by atoms with Crippen molar-refractivity contribution in [2.45, 2.75) is 65.6 Å². The molecule has 1 fully saturated rings. The van der Waals surface area contributed by atoms with Crippen LogP contribution in [-0.4, -0.2) is 36.5 Å². The molecule has 0 unspecified atom stereocenters. The first-order valence-corrected chi connectivity index (χ1v) is 9.60. The molecule has 0 atom stereocenters. The van der Waals surface area contributed by atoms with Crippen LogP contribution in [0.1, 0.15) is 57.6 Å². The molecule has 0 aromatic heterocycles. The summed E-state index contributed by atoms with van der Waals surface area (Å²) in [5.41, 5.74) is 2.72. The number of guanidine groups is 1. The molecule has 4 heteroatoms. The van der Waals surface area contributed by atoms with Gasteiger partial charge in [0, 0.05) is 19.1 Å². The molecule has 1 aromatic carbocycles. The first-order chi connectivity index (χ1) is 11.8. The van der Waals surface area contributed by atoms with Crippen LogP contribution in [0.25, 0.3) is 0 Å². The minimum Gasteiger partial charge on any atom is -0.357 e. The van der Waals surface area contributed by atoms with Crippen LogP contribution in [0.4, 0.5) is 0 Å². The fourth-order valence-corrected chi connectivity index (χ4v) is 3.30. The van der Waals surface area contributed by atoms with E-state index in [1.165, 1.54) is 36.8 Å². The molecular formula is C20H34N4. The van der Waals surface area contributed by atoms with E-state index in [9.17, 15) is 0 Å². The van der Waals surface area contributed by atoms with Gasteiger partial charge in [0.05, 0.1) is 6.54 Å². The van der Waals surface area contributed by atoms with E-state index in [0.29, 0.717) is 6.04 Å². The normalized spacial score (nSPS) is 15.9. The Balaban J connectivity index is 2.04. The van der Waals surface area contributed by atoms with Gasteiger partial charge in [-0.15, -0.1) is 0 Å². The van der Waals surface area contributed by atoms with Crippen molar-refractivity contribution in [2.24, 2.45) is 4.99 Å². The largest absolute Gasteiger partial charge is 0.357 e. The molecule has 0 heterocycles. The summed E-state index contributed by atoms with van der Waals surface area (Å²) in [4.78, 5) is 7.29. The van der Waals surface area contributed by atoms with Gasteiger partial charge in [-0.2, -0.15) is 0 Å². The Morgan fingerprint density at radius 3 is 2.38 bits per heavy atom. The Labute approximate surface area is 147 Å². The van der Waals surface area contributed by atoms with E-state index in [0.717, 1.165) is 38.7 Å². The Morgan fingerprint density at radius 2 is 1.75 bits per heavy atom. The predicted octanol–water partition coefficient (Wildman–Crippen LogP) is 3.53. The third-order valence-corrected chi connectivity index (χ3v) is 4.85. The van der Waals surface area contributed by atoms with Gasteiger partial charge < -0.3 is 10.6 Å². The van der Waals surface area contributed by atoms with Crippen LogP contribution in [0.2, 0.25) is 0 Å². The standard InChI is InChI=1S/C20H34N4/c1-4-21-20(23-19-13-9-10-14-19)22-15-17-11-7-8-12-18(17)16-24(5-2)6-3/h7-8,11-12,19H,4-6,9-10,13-16H2,1-3H3,(H2,21,22,23). The van der Waals surface area contributed by atoms with E-state index in [-0.39, 0.29) is 0 Å². The third kappa shape index (κ3) is 5.82. The Bertz CT molecular complexity index is 502. The topological polar surface area (TPSA) is 39.7 Å². The third-order valence-electron chi connectivity index (χ3n) is 4.85. The summed E-state index contributed by atoms with van der Waals surface area (Å²) in [5, 5.41) is 6.99. The second-order valence-electron chi connectivity index (χ2n) is 6.55. The number of hydrogen-bond acceptors (Lipinski definition) is 2. The number of nitrogens with one attached hydrogen (secondary N) is 2. The van der Waals surface area contributed by atoms with Crippen molar-refractivity contribution in [3.8, 4) is 0 Å². The van der Waals surface area contributed by atoms with E-state index in [1.54, 1.807) is 0 Å². The number of hydrogen-bond donors (Lipinski definition) is 2. The first-order valence-electron chi connectivity index (χ1n) is 9.60.